The number of hydrogen-bond donors (Lipinski definition) is 2. The maximum atomic E-state index is 11.4. The number of phenols is 1. The first-order valence-electron chi connectivity index (χ1n) is 9.65. The summed E-state index contributed by atoms with van der Waals surface area (Å²) < 4.78 is 0. The van der Waals surface area contributed by atoms with Crippen molar-refractivity contribution < 1.29 is 9.90 Å². The van der Waals surface area contributed by atoms with Gasteiger partial charge in [-0.05, 0) is 47.9 Å². The van der Waals surface area contributed by atoms with Crippen LogP contribution in [-0.2, 0) is 4.79 Å². The fraction of sp³-hybridized carbons (Fsp3) is 0.391. The zero-order chi connectivity index (χ0) is 20.0. The molecule has 0 saturated heterocycles. The minimum Gasteiger partial charge on any atom is -0.507 e. The minimum atomic E-state index is -0.216. The Hall–Kier alpha value is -2.62. The van der Waals surface area contributed by atoms with Gasteiger partial charge in [-0.1, -0.05) is 58.0 Å². The molecule has 0 radical (unpaired) electrons. The van der Waals surface area contributed by atoms with Crippen molar-refractivity contribution in [3.05, 3.63) is 64.7 Å². The zero-order valence-electron chi connectivity index (χ0n) is 16.9. The summed E-state index contributed by atoms with van der Waals surface area (Å²) in [7, 11) is 0. The van der Waals surface area contributed by atoms with Gasteiger partial charge in [-0.15, -0.1) is 0 Å². The minimum absolute atomic E-state index is 0.216. The SMILES string of the molecule is CCC(C)c1cc(C(=NNC(C)=O)c2ccccc2)cc(C(C)CC)c1O. The lowest BCUT2D eigenvalue weighted by Crippen LogP contribution is -2.17. The van der Waals surface area contributed by atoms with Crippen LogP contribution in [0.15, 0.2) is 47.6 Å². The molecule has 2 atom stereocenters. The number of amides is 1. The van der Waals surface area contributed by atoms with Gasteiger partial charge in [-0.2, -0.15) is 5.10 Å². The number of aromatic hydroxyl groups is 1. The van der Waals surface area contributed by atoms with Crippen molar-refractivity contribution in [2.24, 2.45) is 5.10 Å². The topological polar surface area (TPSA) is 61.7 Å². The third-order valence-electron chi connectivity index (χ3n) is 5.10. The molecule has 4 heteroatoms. The zero-order valence-corrected chi connectivity index (χ0v) is 16.9. The molecule has 2 aromatic carbocycles. The number of hydrazone groups is 1. The molecule has 0 aliphatic rings. The Labute approximate surface area is 162 Å². The van der Waals surface area contributed by atoms with Crippen LogP contribution in [0.5, 0.6) is 5.75 Å². The van der Waals surface area contributed by atoms with E-state index in [2.05, 4.69) is 38.2 Å². The van der Waals surface area contributed by atoms with Gasteiger partial charge in [-0.25, -0.2) is 5.43 Å². The molecule has 0 aliphatic heterocycles. The van der Waals surface area contributed by atoms with Crippen LogP contribution < -0.4 is 5.43 Å². The number of nitrogens with one attached hydrogen (secondary N) is 1. The lowest BCUT2D eigenvalue weighted by molar-refractivity contribution is -0.118. The highest BCUT2D eigenvalue weighted by molar-refractivity contribution is 6.13. The molecule has 0 spiro atoms. The van der Waals surface area contributed by atoms with Crippen LogP contribution in [0.3, 0.4) is 0 Å². The van der Waals surface area contributed by atoms with E-state index >= 15 is 0 Å². The standard InChI is InChI=1S/C23H30N2O2/c1-6-15(3)20-13-19(14-21(23(20)27)16(4)7-2)22(25-24-17(5)26)18-11-9-8-10-12-18/h8-16,27H,6-7H2,1-5H3,(H,24,26). The van der Waals surface area contributed by atoms with E-state index in [1.54, 1.807) is 0 Å². The third-order valence-corrected chi connectivity index (χ3v) is 5.10. The Morgan fingerprint density at radius 3 is 1.96 bits per heavy atom. The molecule has 2 rings (SSSR count). The fourth-order valence-corrected chi connectivity index (χ4v) is 3.03. The summed E-state index contributed by atoms with van der Waals surface area (Å²) in [6.45, 7) is 9.91. The Balaban J connectivity index is 2.70. The van der Waals surface area contributed by atoms with Gasteiger partial charge in [-0.3, -0.25) is 4.79 Å². The van der Waals surface area contributed by atoms with E-state index in [1.807, 2.05) is 42.5 Å². The molecule has 1 amide bonds. The normalized spacial score (nSPS) is 13.9. The second-order valence-electron chi connectivity index (χ2n) is 7.12. The van der Waals surface area contributed by atoms with Gasteiger partial charge < -0.3 is 5.11 Å². The first-order valence-corrected chi connectivity index (χ1v) is 9.65. The summed E-state index contributed by atoms with van der Waals surface area (Å²) in [5, 5.41) is 15.3. The molecule has 0 aromatic heterocycles. The molecule has 27 heavy (non-hydrogen) atoms. The molecule has 2 N–H and O–H groups in total. The molecular formula is C23H30N2O2. The Morgan fingerprint density at radius 2 is 1.52 bits per heavy atom. The Bertz CT molecular complexity index is 781. The first kappa shape index (κ1) is 20.7. The number of carbonyl (C=O) groups excluding carboxylic acids is 1. The fourth-order valence-electron chi connectivity index (χ4n) is 3.03. The number of rotatable bonds is 7. The second kappa shape index (κ2) is 9.36. The van der Waals surface area contributed by atoms with E-state index in [9.17, 15) is 9.90 Å². The molecule has 0 heterocycles. The van der Waals surface area contributed by atoms with Crippen molar-refractivity contribution in [1.82, 2.24) is 5.43 Å². The molecule has 2 aromatic rings. The second-order valence-corrected chi connectivity index (χ2v) is 7.12. The predicted molar refractivity (Wildman–Crippen MR) is 111 cm³/mol. The molecular weight excluding hydrogens is 336 g/mol. The van der Waals surface area contributed by atoms with Crippen LogP contribution in [0.2, 0.25) is 0 Å². The van der Waals surface area contributed by atoms with Gasteiger partial charge in [0, 0.05) is 18.1 Å². The highest BCUT2D eigenvalue weighted by atomic mass is 16.3. The molecule has 0 fully saturated rings. The van der Waals surface area contributed by atoms with E-state index in [0.717, 1.165) is 35.1 Å². The van der Waals surface area contributed by atoms with Gasteiger partial charge in [0.25, 0.3) is 0 Å². The van der Waals surface area contributed by atoms with Crippen molar-refractivity contribution in [2.75, 3.05) is 0 Å². The molecule has 2 unspecified atom stereocenters. The van der Waals surface area contributed by atoms with Crippen molar-refractivity contribution in [2.45, 2.75) is 59.3 Å². The summed E-state index contributed by atoms with van der Waals surface area (Å²) in [5.74, 6) is 0.622. The van der Waals surface area contributed by atoms with Crippen LogP contribution in [0.1, 0.15) is 81.5 Å². The summed E-state index contributed by atoms with van der Waals surface area (Å²) in [5.41, 5.74) is 6.94. The van der Waals surface area contributed by atoms with Crippen LogP contribution in [-0.4, -0.2) is 16.7 Å². The lowest BCUT2D eigenvalue weighted by atomic mass is 9.86. The van der Waals surface area contributed by atoms with Gasteiger partial charge in [0.2, 0.25) is 5.91 Å². The molecule has 144 valence electrons. The van der Waals surface area contributed by atoms with Gasteiger partial charge in [0.05, 0.1) is 5.71 Å². The van der Waals surface area contributed by atoms with E-state index in [0.29, 0.717) is 11.5 Å². The maximum absolute atomic E-state index is 11.4. The number of hydrogen-bond acceptors (Lipinski definition) is 3. The number of phenolic OH excluding ortho intramolecular Hbond substituents is 1. The Morgan fingerprint density at radius 1 is 1.00 bits per heavy atom. The Kier molecular flexibility index (Phi) is 7.17. The quantitative estimate of drug-likeness (QED) is 0.515. The maximum Gasteiger partial charge on any atom is 0.236 e. The number of carbonyl (C=O) groups is 1. The predicted octanol–water partition coefficient (Wildman–Crippen LogP) is 5.31. The van der Waals surface area contributed by atoms with Crippen molar-refractivity contribution >= 4 is 11.6 Å². The smallest absolute Gasteiger partial charge is 0.236 e. The average Bonchev–Trinajstić information content (AvgIpc) is 2.68. The van der Waals surface area contributed by atoms with Crippen molar-refractivity contribution in [3.8, 4) is 5.75 Å². The van der Waals surface area contributed by atoms with E-state index < -0.39 is 0 Å². The largest absolute Gasteiger partial charge is 0.507 e. The summed E-state index contributed by atoms with van der Waals surface area (Å²) in [6, 6.07) is 13.8. The van der Waals surface area contributed by atoms with Gasteiger partial charge in [0.1, 0.15) is 5.75 Å². The van der Waals surface area contributed by atoms with Gasteiger partial charge >= 0.3 is 0 Å². The summed E-state index contributed by atoms with van der Waals surface area (Å²) in [4.78, 5) is 11.4. The number of nitrogens with zero attached hydrogens (tertiary/aromatic N) is 1. The van der Waals surface area contributed by atoms with Crippen LogP contribution in [0, 0.1) is 0 Å². The summed E-state index contributed by atoms with van der Waals surface area (Å²) in [6.07, 6.45) is 1.86. The molecule has 0 saturated carbocycles. The van der Waals surface area contributed by atoms with E-state index in [1.165, 1.54) is 6.92 Å². The van der Waals surface area contributed by atoms with Crippen molar-refractivity contribution in [3.63, 3.8) is 0 Å². The molecule has 4 nitrogen and oxygen atoms in total. The summed E-state index contributed by atoms with van der Waals surface area (Å²) >= 11 is 0. The lowest BCUT2D eigenvalue weighted by Gasteiger charge is -2.20. The van der Waals surface area contributed by atoms with Gasteiger partial charge in [0.15, 0.2) is 0 Å². The highest BCUT2D eigenvalue weighted by Crippen LogP contribution is 2.37. The first-order chi connectivity index (χ1) is 12.9. The average molecular weight is 367 g/mol. The monoisotopic (exact) mass is 366 g/mol. The van der Waals surface area contributed by atoms with E-state index in [-0.39, 0.29) is 17.7 Å². The third kappa shape index (κ3) is 4.97. The van der Waals surface area contributed by atoms with Crippen molar-refractivity contribution in [1.29, 1.82) is 0 Å². The molecule has 0 bridgehead atoms. The van der Waals surface area contributed by atoms with Crippen LogP contribution in [0.25, 0.3) is 0 Å². The number of benzene rings is 2. The van der Waals surface area contributed by atoms with E-state index in [4.69, 9.17) is 0 Å². The highest BCUT2D eigenvalue weighted by Gasteiger charge is 2.20. The van der Waals surface area contributed by atoms with Crippen LogP contribution in [0.4, 0.5) is 0 Å². The van der Waals surface area contributed by atoms with Crippen LogP contribution >= 0.6 is 0 Å². The molecule has 0 aliphatic carbocycles.